The highest BCUT2D eigenvalue weighted by atomic mass is 32.2. The number of carbonyl (C=O) groups is 1. The van der Waals surface area contributed by atoms with Gasteiger partial charge in [-0.1, -0.05) is 6.07 Å². The highest BCUT2D eigenvalue weighted by Gasteiger charge is 2.15. The molecule has 0 aliphatic carbocycles. The molecule has 0 aromatic heterocycles. The molecule has 0 bridgehead atoms. The van der Waals surface area contributed by atoms with Crippen LogP contribution in [0.25, 0.3) is 0 Å². The monoisotopic (exact) mass is 266 g/mol. The Morgan fingerprint density at radius 3 is 2.78 bits per heavy atom. The Labute approximate surface area is 114 Å². The van der Waals surface area contributed by atoms with E-state index in [1.165, 1.54) is 0 Å². The average molecular weight is 266 g/mol. The summed E-state index contributed by atoms with van der Waals surface area (Å²) < 4.78 is 0. The molecule has 0 atom stereocenters. The van der Waals surface area contributed by atoms with E-state index in [-0.39, 0.29) is 5.91 Å². The zero-order valence-corrected chi connectivity index (χ0v) is 12.4. The van der Waals surface area contributed by atoms with Crippen LogP contribution in [0, 0.1) is 6.92 Å². The minimum absolute atomic E-state index is 0.0833. The van der Waals surface area contributed by atoms with Crippen LogP contribution in [0.5, 0.6) is 0 Å². The minimum Gasteiger partial charge on any atom is -0.385 e. The van der Waals surface area contributed by atoms with E-state index in [1.807, 2.05) is 45.4 Å². The fourth-order valence-corrected chi connectivity index (χ4v) is 2.17. The largest absolute Gasteiger partial charge is 0.385 e. The lowest BCUT2D eigenvalue weighted by Gasteiger charge is -2.19. The van der Waals surface area contributed by atoms with E-state index in [9.17, 15) is 4.79 Å². The molecule has 1 rings (SSSR count). The third-order valence-electron chi connectivity index (χ3n) is 2.75. The second-order valence-corrected chi connectivity index (χ2v) is 5.28. The number of rotatable bonds is 6. The first kappa shape index (κ1) is 14.9. The predicted molar refractivity (Wildman–Crippen MR) is 80.7 cm³/mol. The van der Waals surface area contributed by atoms with Crippen molar-refractivity contribution in [1.82, 2.24) is 4.90 Å². The molecule has 0 aliphatic rings. The summed E-state index contributed by atoms with van der Waals surface area (Å²) in [5.41, 5.74) is 2.85. The van der Waals surface area contributed by atoms with Crippen molar-refractivity contribution in [3.05, 3.63) is 29.3 Å². The SMILES string of the molecule is CCNc1cc(C)ccc1C(=O)N(C)CCSC. The van der Waals surface area contributed by atoms with Gasteiger partial charge >= 0.3 is 0 Å². The predicted octanol–water partition coefficient (Wildman–Crippen LogP) is 2.86. The molecule has 0 heterocycles. The Hall–Kier alpha value is -1.16. The summed E-state index contributed by atoms with van der Waals surface area (Å²) in [5, 5.41) is 3.26. The number of thioether (sulfide) groups is 1. The van der Waals surface area contributed by atoms with E-state index < -0.39 is 0 Å². The Kier molecular flexibility index (Phi) is 6.05. The molecule has 0 saturated carbocycles. The van der Waals surface area contributed by atoms with Gasteiger partial charge in [-0.2, -0.15) is 11.8 Å². The van der Waals surface area contributed by atoms with Crippen LogP contribution in [0.4, 0.5) is 5.69 Å². The fraction of sp³-hybridized carbons (Fsp3) is 0.500. The molecule has 0 saturated heterocycles. The van der Waals surface area contributed by atoms with Crippen molar-refractivity contribution < 1.29 is 4.79 Å². The first-order valence-corrected chi connectivity index (χ1v) is 7.58. The van der Waals surface area contributed by atoms with E-state index in [1.54, 1.807) is 16.7 Å². The number of hydrogen-bond donors (Lipinski definition) is 1. The van der Waals surface area contributed by atoms with Crippen molar-refractivity contribution in [2.24, 2.45) is 0 Å². The minimum atomic E-state index is 0.0833. The van der Waals surface area contributed by atoms with Crippen LogP contribution < -0.4 is 5.32 Å². The summed E-state index contributed by atoms with van der Waals surface area (Å²) in [4.78, 5) is 14.1. The molecule has 1 aromatic carbocycles. The number of nitrogens with zero attached hydrogens (tertiary/aromatic N) is 1. The molecule has 0 unspecified atom stereocenters. The van der Waals surface area contributed by atoms with Crippen molar-refractivity contribution in [3.8, 4) is 0 Å². The molecule has 0 radical (unpaired) electrons. The van der Waals surface area contributed by atoms with E-state index >= 15 is 0 Å². The Morgan fingerprint density at radius 2 is 2.17 bits per heavy atom. The zero-order valence-electron chi connectivity index (χ0n) is 11.6. The van der Waals surface area contributed by atoms with Crippen LogP contribution in [-0.2, 0) is 0 Å². The summed E-state index contributed by atoms with van der Waals surface area (Å²) in [6.45, 7) is 5.66. The summed E-state index contributed by atoms with van der Waals surface area (Å²) in [5.74, 6) is 1.05. The van der Waals surface area contributed by atoms with Gasteiger partial charge in [-0.3, -0.25) is 4.79 Å². The first-order chi connectivity index (χ1) is 8.60. The molecule has 100 valence electrons. The third-order valence-corrected chi connectivity index (χ3v) is 3.34. The molecule has 0 spiro atoms. The summed E-state index contributed by atoms with van der Waals surface area (Å²) in [6.07, 6.45) is 2.05. The highest BCUT2D eigenvalue weighted by Crippen LogP contribution is 2.19. The van der Waals surface area contributed by atoms with Crippen LogP contribution in [0.15, 0.2) is 18.2 Å². The Balaban J connectivity index is 2.90. The number of anilines is 1. The number of benzene rings is 1. The third kappa shape index (κ3) is 3.95. The zero-order chi connectivity index (χ0) is 13.5. The lowest BCUT2D eigenvalue weighted by atomic mass is 10.1. The molecule has 0 fully saturated rings. The summed E-state index contributed by atoms with van der Waals surface area (Å²) in [7, 11) is 1.86. The van der Waals surface area contributed by atoms with Gasteiger partial charge in [-0.25, -0.2) is 0 Å². The molecule has 1 aromatic rings. The Bertz CT molecular complexity index is 407. The molecule has 1 N–H and O–H groups in total. The summed E-state index contributed by atoms with van der Waals surface area (Å²) in [6, 6.07) is 5.92. The second kappa shape index (κ2) is 7.31. The number of nitrogens with one attached hydrogen (secondary N) is 1. The van der Waals surface area contributed by atoms with Gasteiger partial charge < -0.3 is 10.2 Å². The molecular weight excluding hydrogens is 244 g/mol. The van der Waals surface area contributed by atoms with Gasteiger partial charge in [-0.15, -0.1) is 0 Å². The topological polar surface area (TPSA) is 32.3 Å². The van der Waals surface area contributed by atoms with Gasteiger partial charge in [0, 0.05) is 31.6 Å². The van der Waals surface area contributed by atoms with Crippen LogP contribution in [0.3, 0.4) is 0 Å². The molecule has 18 heavy (non-hydrogen) atoms. The highest BCUT2D eigenvalue weighted by molar-refractivity contribution is 7.98. The summed E-state index contributed by atoms with van der Waals surface area (Å²) >= 11 is 1.75. The number of hydrogen-bond acceptors (Lipinski definition) is 3. The van der Waals surface area contributed by atoms with Gasteiger partial charge in [0.25, 0.3) is 5.91 Å². The molecule has 3 nitrogen and oxygen atoms in total. The number of aryl methyl sites for hydroxylation is 1. The lowest BCUT2D eigenvalue weighted by molar-refractivity contribution is 0.0804. The quantitative estimate of drug-likeness (QED) is 0.859. The smallest absolute Gasteiger partial charge is 0.255 e. The molecule has 4 heteroatoms. The van der Waals surface area contributed by atoms with Gasteiger partial charge in [0.1, 0.15) is 0 Å². The fourth-order valence-electron chi connectivity index (χ4n) is 1.72. The van der Waals surface area contributed by atoms with Crippen LogP contribution in [0.1, 0.15) is 22.8 Å². The Morgan fingerprint density at radius 1 is 1.44 bits per heavy atom. The van der Waals surface area contributed by atoms with Crippen molar-refractivity contribution in [2.45, 2.75) is 13.8 Å². The first-order valence-electron chi connectivity index (χ1n) is 6.19. The van der Waals surface area contributed by atoms with Crippen molar-refractivity contribution in [2.75, 3.05) is 37.5 Å². The molecule has 1 amide bonds. The van der Waals surface area contributed by atoms with Gasteiger partial charge in [-0.05, 0) is 37.8 Å². The normalized spacial score (nSPS) is 10.2. The van der Waals surface area contributed by atoms with Crippen molar-refractivity contribution >= 4 is 23.4 Å². The van der Waals surface area contributed by atoms with Gasteiger partial charge in [0.05, 0.1) is 5.56 Å². The van der Waals surface area contributed by atoms with Crippen molar-refractivity contribution in [1.29, 1.82) is 0 Å². The van der Waals surface area contributed by atoms with Crippen LogP contribution in [0.2, 0.25) is 0 Å². The maximum Gasteiger partial charge on any atom is 0.255 e. The van der Waals surface area contributed by atoms with Crippen molar-refractivity contribution in [3.63, 3.8) is 0 Å². The van der Waals surface area contributed by atoms with E-state index in [0.717, 1.165) is 35.7 Å². The second-order valence-electron chi connectivity index (χ2n) is 4.30. The maximum atomic E-state index is 12.3. The molecular formula is C14H22N2OS. The van der Waals surface area contributed by atoms with Crippen LogP contribution >= 0.6 is 11.8 Å². The van der Waals surface area contributed by atoms with E-state index in [4.69, 9.17) is 0 Å². The maximum absolute atomic E-state index is 12.3. The average Bonchev–Trinajstić information content (AvgIpc) is 2.36. The lowest BCUT2D eigenvalue weighted by Crippen LogP contribution is -2.29. The van der Waals surface area contributed by atoms with E-state index in [2.05, 4.69) is 5.32 Å². The molecule has 0 aliphatic heterocycles. The van der Waals surface area contributed by atoms with Crippen LogP contribution in [-0.4, -0.2) is 43.0 Å². The number of amides is 1. The van der Waals surface area contributed by atoms with Gasteiger partial charge in [0.15, 0.2) is 0 Å². The number of carbonyl (C=O) groups excluding carboxylic acids is 1. The standard InChI is InChI=1S/C14H22N2OS/c1-5-15-13-10-11(2)6-7-12(13)14(17)16(3)8-9-18-4/h6-7,10,15H,5,8-9H2,1-4H3. The van der Waals surface area contributed by atoms with E-state index in [0.29, 0.717) is 0 Å². The van der Waals surface area contributed by atoms with Gasteiger partial charge in [0.2, 0.25) is 0 Å².